The van der Waals surface area contributed by atoms with Gasteiger partial charge in [0.2, 0.25) is 5.91 Å². The number of likely N-dealkylation sites (tertiary alicyclic amines) is 2. The van der Waals surface area contributed by atoms with Gasteiger partial charge in [-0.25, -0.2) is 0 Å². The van der Waals surface area contributed by atoms with E-state index < -0.39 is 0 Å². The number of rotatable bonds is 5. The van der Waals surface area contributed by atoms with Crippen molar-refractivity contribution in [2.45, 2.75) is 44.7 Å². The number of hydrogen-bond acceptors (Lipinski definition) is 4. The highest BCUT2D eigenvalue weighted by Crippen LogP contribution is 2.24. The van der Waals surface area contributed by atoms with Crippen molar-refractivity contribution in [3.8, 4) is 0 Å². The van der Waals surface area contributed by atoms with E-state index in [1.165, 1.54) is 25.8 Å². The topological polar surface area (TPSA) is 48.5 Å². The number of piperidine rings is 1. The molecule has 2 saturated heterocycles. The average Bonchev–Trinajstić information content (AvgIpc) is 2.48. The SMILES string of the molecule is C[C@H]1CCCCN1C1CN(CCC(=O)Nc2cccnc2)C1. The quantitative estimate of drug-likeness (QED) is 0.903. The first kappa shape index (κ1) is 15.4. The number of amides is 1. The number of carbonyl (C=O) groups is 1. The molecule has 1 aromatic rings. The Kier molecular flexibility index (Phi) is 5.05. The Hall–Kier alpha value is -1.46. The van der Waals surface area contributed by atoms with Crippen LogP contribution in [-0.4, -0.2) is 59.0 Å². The van der Waals surface area contributed by atoms with Crippen LogP contribution in [0.1, 0.15) is 32.6 Å². The Morgan fingerprint density at radius 2 is 2.27 bits per heavy atom. The van der Waals surface area contributed by atoms with Crippen molar-refractivity contribution < 1.29 is 4.79 Å². The molecular weight excluding hydrogens is 276 g/mol. The fraction of sp³-hybridized carbons (Fsp3) is 0.647. The monoisotopic (exact) mass is 302 g/mol. The van der Waals surface area contributed by atoms with Gasteiger partial charge in [0.05, 0.1) is 11.9 Å². The van der Waals surface area contributed by atoms with Gasteiger partial charge in [-0.3, -0.25) is 19.6 Å². The highest BCUT2D eigenvalue weighted by Gasteiger charge is 2.34. The second kappa shape index (κ2) is 7.20. The van der Waals surface area contributed by atoms with Gasteiger partial charge in [-0.05, 0) is 38.4 Å². The number of nitrogens with one attached hydrogen (secondary N) is 1. The molecule has 0 aromatic carbocycles. The number of aromatic nitrogens is 1. The number of anilines is 1. The molecule has 1 atom stereocenters. The van der Waals surface area contributed by atoms with E-state index in [-0.39, 0.29) is 5.91 Å². The molecule has 1 amide bonds. The molecular formula is C17H26N4O. The minimum atomic E-state index is 0.0720. The molecule has 3 heterocycles. The lowest BCUT2D eigenvalue weighted by Gasteiger charge is -2.49. The maximum Gasteiger partial charge on any atom is 0.225 e. The van der Waals surface area contributed by atoms with Crippen LogP contribution in [0.3, 0.4) is 0 Å². The van der Waals surface area contributed by atoms with Crippen molar-refractivity contribution in [3.05, 3.63) is 24.5 Å². The molecule has 1 aromatic heterocycles. The molecule has 5 heteroatoms. The lowest BCUT2D eigenvalue weighted by atomic mass is 9.97. The first-order valence-electron chi connectivity index (χ1n) is 8.40. The molecule has 3 rings (SSSR count). The Morgan fingerprint density at radius 3 is 3.00 bits per heavy atom. The predicted molar refractivity (Wildman–Crippen MR) is 87.7 cm³/mol. The maximum atomic E-state index is 11.9. The number of hydrogen-bond donors (Lipinski definition) is 1. The molecule has 0 radical (unpaired) electrons. The first-order chi connectivity index (χ1) is 10.7. The van der Waals surface area contributed by atoms with E-state index in [1.807, 2.05) is 12.1 Å². The summed E-state index contributed by atoms with van der Waals surface area (Å²) in [4.78, 5) is 21.0. The zero-order chi connectivity index (χ0) is 15.4. The normalized spacial score (nSPS) is 24.0. The van der Waals surface area contributed by atoms with Crippen molar-refractivity contribution in [2.75, 3.05) is 31.5 Å². The lowest BCUT2D eigenvalue weighted by molar-refractivity contribution is -0.117. The third-order valence-electron chi connectivity index (χ3n) is 4.86. The van der Waals surface area contributed by atoms with Gasteiger partial charge >= 0.3 is 0 Å². The average molecular weight is 302 g/mol. The van der Waals surface area contributed by atoms with Gasteiger partial charge in [-0.1, -0.05) is 6.42 Å². The molecule has 22 heavy (non-hydrogen) atoms. The van der Waals surface area contributed by atoms with Gasteiger partial charge < -0.3 is 5.32 Å². The zero-order valence-corrected chi connectivity index (χ0v) is 13.4. The minimum absolute atomic E-state index is 0.0720. The van der Waals surface area contributed by atoms with Crippen LogP contribution in [-0.2, 0) is 4.79 Å². The summed E-state index contributed by atoms with van der Waals surface area (Å²) in [6.45, 7) is 6.68. The van der Waals surface area contributed by atoms with E-state index in [1.54, 1.807) is 12.4 Å². The zero-order valence-electron chi connectivity index (χ0n) is 13.4. The van der Waals surface area contributed by atoms with E-state index >= 15 is 0 Å². The van der Waals surface area contributed by atoms with Gasteiger partial charge in [-0.2, -0.15) is 0 Å². The summed E-state index contributed by atoms with van der Waals surface area (Å²) in [5.74, 6) is 0.0720. The summed E-state index contributed by atoms with van der Waals surface area (Å²) in [5.41, 5.74) is 0.774. The molecule has 0 saturated carbocycles. The van der Waals surface area contributed by atoms with Crippen molar-refractivity contribution in [2.24, 2.45) is 0 Å². The largest absolute Gasteiger partial charge is 0.325 e. The Labute approximate surface area is 132 Å². The molecule has 1 N–H and O–H groups in total. The van der Waals surface area contributed by atoms with Crippen molar-refractivity contribution in [3.63, 3.8) is 0 Å². The Balaban J connectivity index is 1.35. The van der Waals surface area contributed by atoms with Crippen LogP contribution in [0.5, 0.6) is 0 Å². The van der Waals surface area contributed by atoms with Crippen molar-refractivity contribution >= 4 is 11.6 Å². The summed E-state index contributed by atoms with van der Waals surface area (Å²) in [5, 5.41) is 2.89. The Morgan fingerprint density at radius 1 is 1.41 bits per heavy atom. The van der Waals surface area contributed by atoms with E-state index in [9.17, 15) is 4.79 Å². The van der Waals surface area contributed by atoms with Gasteiger partial charge in [-0.15, -0.1) is 0 Å². The van der Waals surface area contributed by atoms with Gasteiger partial charge in [0.1, 0.15) is 0 Å². The highest BCUT2D eigenvalue weighted by atomic mass is 16.1. The molecule has 0 bridgehead atoms. The highest BCUT2D eigenvalue weighted by molar-refractivity contribution is 5.90. The molecule has 120 valence electrons. The maximum absolute atomic E-state index is 11.9. The molecule has 0 aliphatic carbocycles. The molecule has 2 fully saturated rings. The molecule has 2 aliphatic rings. The summed E-state index contributed by atoms with van der Waals surface area (Å²) < 4.78 is 0. The molecule has 0 unspecified atom stereocenters. The van der Waals surface area contributed by atoms with Crippen LogP contribution in [0, 0.1) is 0 Å². The summed E-state index contributed by atoms with van der Waals surface area (Å²) in [6.07, 6.45) is 7.99. The third kappa shape index (κ3) is 3.84. The van der Waals surface area contributed by atoms with E-state index in [4.69, 9.17) is 0 Å². The van der Waals surface area contributed by atoms with Crippen LogP contribution in [0.2, 0.25) is 0 Å². The summed E-state index contributed by atoms with van der Waals surface area (Å²) in [7, 11) is 0. The van der Waals surface area contributed by atoms with E-state index in [2.05, 4.69) is 27.0 Å². The van der Waals surface area contributed by atoms with Crippen LogP contribution >= 0.6 is 0 Å². The van der Waals surface area contributed by atoms with Crippen molar-refractivity contribution in [1.82, 2.24) is 14.8 Å². The third-order valence-corrected chi connectivity index (χ3v) is 4.86. The lowest BCUT2D eigenvalue weighted by Crippen LogP contribution is -2.62. The van der Waals surface area contributed by atoms with Crippen LogP contribution in [0.25, 0.3) is 0 Å². The van der Waals surface area contributed by atoms with Crippen LogP contribution in [0.15, 0.2) is 24.5 Å². The summed E-state index contributed by atoms with van der Waals surface area (Å²) in [6, 6.07) is 5.13. The molecule has 5 nitrogen and oxygen atoms in total. The standard InChI is InChI=1S/C17H26N4O/c1-14-5-2-3-9-21(14)16-12-20(13-16)10-7-17(22)19-15-6-4-8-18-11-15/h4,6,8,11,14,16H,2-3,5,7,9-10,12-13H2,1H3,(H,19,22)/t14-/m0/s1. The first-order valence-corrected chi connectivity index (χ1v) is 8.40. The Bertz CT molecular complexity index is 487. The van der Waals surface area contributed by atoms with Gasteiger partial charge in [0.15, 0.2) is 0 Å². The summed E-state index contributed by atoms with van der Waals surface area (Å²) >= 11 is 0. The van der Waals surface area contributed by atoms with E-state index in [0.29, 0.717) is 12.5 Å². The second-order valence-corrected chi connectivity index (χ2v) is 6.54. The minimum Gasteiger partial charge on any atom is -0.325 e. The smallest absolute Gasteiger partial charge is 0.225 e. The number of pyridine rings is 1. The molecule has 2 aliphatic heterocycles. The second-order valence-electron chi connectivity index (χ2n) is 6.54. The number of nitrogens with zero attached hydrogens (tertiary/aromatic N) is 3. The molecule has 0 spiro atoms. The fourth-order valence-corrected chi connectivity index (χ4v) is 3.52. The van der Waals surface area contributed by atoms with Crippen LogP contribution < -0.4 is 5.32 Å². The van der Waals surface area contributed by atoms with Gasteiger partial charge in [0.25, 0.3) is 0 Å². The van der Waals surface area contributed by atoms with Crippen molar-refractivity contribution in [1.29, 1.82) is 0 Å². The predicted octanol–water partition coefficient (Wildman–Crippen LogP) is 1.97. The fourth-order valence-electron chi connectivity index (χ4n) is 3.52. The van der Waals surface area contributed by atoms with E-state index in [0.717, 1.165) is 31.4 Å². The van der Waals surface area contributed by atoms with Gasteiger partial charge in [0, 0.05) is 44.3 Å². The van der Waals surface area contributed by atoms with Crippen LogP contribution in [0.4, 0.5) is 5.69 Å². The number of carbonyl (C=O) groups excluding carboxylic acids is 1.